The molecule has 38 heavy (non-hydrogen) atoms. The van der Waals surface area contributed by atoms with Crippen molar-refractivity contribution < 1.29 is 14.3 Å². The molecule has 0 spiro atoms. The van der Waals surface area contributed by atoms with Gasteiger partial charge in [-0.25, -0.2) is 0 Å². The molecule has 0 saturated heterocycles. The Balaban J connectivity index is 1.96. The number of carbonyl (C=O) groups excluding carboxylic acids is 2. The van der Waals surface area contributed by atoms with Crippen LogP contribution in [0.2, 0.25) is 10.0 Å². The first-order chi connectivity index (χ1) is 17.8. The van der Waals surface area contributed by atoms with Gasteiger partial charge in [0.05, 0.1) is 10.0 Å². The first-order valence-corrected chi connectivity index (χ1v) is 13.9. The molecule has 1 atom stereocenters. The van der Waals surface area contributed by atoms with Crippen LogP contribution in [0.3, 0.4) is 0 Å². The maximum absolute atomic E-state index is 13.8. The van der Waals surface area contributed by atoms with Crippen molar-refractivity contribution in [2.45, 2.75) is 59.2 Å². The van der Waals surface area contributed by atoms with Gasteiger partial charge in [0.15, 0.2) is 6.61 Å². The lowest BCUT2D eigenvalue weighted by molar-refractivity contribution is -0.143. The summed E-state index contributed by atoms with van der Waals surface area (Å²) in [5.74, 6) is 0.0224. The predicted molar refractivity (Wildman–Crippen MR) is 158 cm³/mol. The van der Waals surface area contributed by atoms with E-state index in [1.807, 2.05) is 77.1 Å². The van der Waals surface area contributed by atoms with Gasteiger partial charge < -0.3 is 15.0 Å². The van der Waals surface area contributed by atoms with Crippen LogP contribution in [0, 0.1) is 13.8 Å². The van der Waals surface area contributed by atoms with Gasteiger partial charge >= 0.3 is 0 Å². The van der Waals surface area contributed by atoms with Crippen LogP contribution in [0.4, 0.5) is 0 Å². The second-order valence-electron chi connectivity index (χ2n) is 10.4. The Morgan fingerprint density at radius 1 is 0.947 bits per heavy atom. The van der Waals surface area contributed by atoms with Gasteiger partial charge in [0.2, 0.25) is 5.91 Å². The minimum Gasteiger partial charge on any atom is -0.484 e. The molecule has 0 aromatic heterocycles. The van der Waals surface area contributed by atoms with Crippen LogP contribution < -0.4 is 10.1 Å². The molecule has 3 aromatic rings. The average Bonchev–Trinajstić information content (AvgIpc) is 2.84. The van der Waals surface area contributed by atoms with Gasteiger partial charge in [-0.05, 0) is 81.1 Å². The van der Waals surface area contributed by atoms with Crippen molar-refractivity contribution in [3.05, 3.63) is 97.4 Å². The number of carbonyl (C=O) groups is 2. The third kappa shape index (κ3) is 8.48. The molecule has 1 N–H and O–H groups in total. The smallest absolute Gasteiger partial charge is 0.261 e. The highest BCUT2D eigenvalue weighted by molar-refractivity contribution is 9.10. The highest BCUT2D eigenvalue weighted by Gasteiger charge is 2.32. The van der Waals surface area contributed by atoms with Gasteiger partial charge in [-0.15, -0.1) is 0 Å². The van der Waals surface area contributed by atoms with Gasteiger partial charge in [0, 0.05) is 23.0 Å². The highest BCUT2D eigenvalue weighted by atomic mass is 79.9. The zero-order valence-electron chi connectivity index (χ0n) is 22.3. The summed E-state index contributed by atoms with van der Waals surface area (Å²) in [5.41, 5.74) is 3.23. The SMILES string of the molecule is Cc1cc(OCC(=O)N(Cc2ccc(Cl)c(Cl)c2)[C@@H](Cc2ccccc2)C(=O)NC(C)(C)C)cc(C)c1Br. The van der Waals surface area contributed by atoms with Gasteiger partial charge in [-0.1, -0.05) is 75.5 Å². The molecule has 8 heteroatoms. The molecular formula is C30H33BrCl2N2O3. The second-order valence-corrected chi connectivity index (χ2v) is 12.0. The number of halogens is 3. The lowest BCUT2D eigenvalue weighted by Gasteiger charge is -2.33. The van der Waals surface area contributed by atoms with E-state index in [1.54, 1.807) is 23.1 Å². The molecule has 5 nitrogen and oxygen atoms in total. The minimum absolute atomic E-state index is 0.159. The molecule has 202 valence electrons. The molecule has 2 amide bonds. The van der Waals surface area contributed by atoms with Gasteiger partial charge in [0.1, 0.15) is 11.8 Å². The molecule has 0 aliphatic carbocycles. The van der Waals surface area contributed by atoms with E-state index in [1.165, 1.54) is 0 Å². The summed E-state index contributed by atoms with van der Waals surface area (Å²) in [6.45, 7) is 9.61. The van der Waals surface area contributed by atoms with Crippen molar-refractivity contribution in [3.8, 4) is 5.75 Å². The minimum atomic E-state index is -0.782. The van der Waals surface area contributed by atoms with Gasteiger partial charge in [0.25, 0.3) is 5.91 Å². The molecule has 0 aliphatic heterocycles. The third-order valence-electron chi connectivity index (χ3n) is 5.88. The van der Waals surface area contributed by atoms with Crippen LogP contribution in [0.25, 0.3) is 0 Å². The first kappa shape index (κ1) is 30.0. The van der Waals surface area contributed by atoms with E-state index in [-0.39, 0.29) is 25.0 Å². The van der Waals surface area contributed by atoms with Crippen LogP contribution in [-0.4, -0.2) is 34.9 Å². The number of hydrogen-bond donors (Lipinski definition) is 1. The average molecular weight is 620 g/mol. The Bertz CT molecular complexity index is 1270. The van der Waals surface area contributed by atoms with E-state index in [2.05, 4.69) is 21.2 Å². The molecule has 3 rings (SSSR count). The van der Waals surface area contributed by atoms with E-state index < -0.39 is 11.6 Å². The standard InChI is InChI=1S/C30H33BrCl2N2O3/c1-19-13-23(14-20(2)28(19)31)38-18-27(36)35(17-22-11-12-24(32)25(33)15-22)26(29(37)34-30(3,4)5)16-21-9-7-6-8-10-21/h6-15,26H,16-18H2,1-5H3,(H,34,37)/t26-/m0/s1. The topological polar surface area (TPSA) is 58.6 Å². The van der Waals surface area contributed by atoms with Crippen LogP contribution in [0.1, 0.15) is 43.0 Å². The lowest BCUT2D eigenvalue weighted by atomic mass is 10.0. The monoisotopic (exact) mass is 618 g/mol. The summed E-state index contributed by atoms with van der Waals surface area (Å²) < 4.78 is 6.94. The number of rotatable bonds is 9. The number of benzene rings is 3. The number of ether oxygens (including phenoxy) is 1. The number of nitrogens with zero attached hydrogens (tertiary/aromatic N) is 1. The van der Waals surface area contributed by atoms with Crippen molar-refractivity contribution in [1.82, 2.24) is 10.2 Å². The number of nitrogens with one attached hydrogen (secondary N) is 1. The van der Waals surface area contributed by atoms with E-state index in [0.717, 1.165) is 26.7 Å². The van der Waals surface area contributed by atoms with Crippen LogP contribution in [0.5, 0.6) is 5.75 Å². The van der Waals surface area contributed by atoms with Gasteiger partial charge in [-0.2, -0.15) is 0 Å². The quantitative estimate of drug-likeness (QED) is 0.273. The van der Waals surface area contributed by atoms with Crippen LogP contribution in [-0.2, 0) is 22.6 Å². The van der Waals surface area contributed by atoms with E-state index >= 15 is 0 Å². The Labute approximate surface area is 243 Å². The summed E-state index contributed by atoms with van der Waals surface area (Å²) in [6.07, 6.45) is 0.340. The Hall–Kier alpha value is -2.54. The molecule has 3 aromatic carbocycles. The summed E-state index contributed by atoms with van der Waals surface area (Å²) in [7, 11) is 0. The highest BCUT2D eigenvalue weighted by Crippen LogP contribution is 2.27. The van der Waals surface area contributed by atoms with Crippen molar-refractivity contribution in [2.75, 3.05) is 6.61 Å². The Kier molecular flexibility index (Phi) is 10.3. The van der Waals surface area contributed by atoms with Crippen molar-refractivity contribution >= 4 is 50.9 Å². The molecule has 0 radical (unpaired) electrons. The van der Waals surface area contributed by atoms with Crippen molar-refractivity contribution in [3.63, 3.8) is 0 Å². The van der Waals surface area contributed by atoms with Crippen molar-refractivity contribution in [2.24, 2.45) is 0 Å². The van der Waals surface area contributed by atoms with Gasteiger partial charge in [-0.3, -0.25) is 9.59 Å². The zero-order chi connectivity index (χ0) is 28.0. The van der Waals surface area contributed by atoms with Crippen LogP contribution in [0.15, 0.2) is 65.1 Å². The molecule has 0 heterocycles. The molecule has 0 fully saturated rings. The number of hydrogen-bond acceptors (Lipinski definition) is 3. The second kappa shape index (κ2) is 13.0. The maximum Gasteiger partial charge on any atom is 0.261 e. The third-order valence-corrected chi connectivity index (χ3v) is 7.87. The maximum atomic E-state index is 13.8. The number of aryl methyl sites for hydroxylation is 2. The summed E-state index contributed by atoms with van der Waals surface area (Å²) in [6, 6.07) is 17.8. The number of amides is 2. The molecule has 0 bridgehead atoms. The van der Waals surface area contributed by atoms with E-state index in [4.69, 9.17) is 27.9 Å². The fourth-order valence-corrected chi connectivity index (χ4v) is 4.61. The van der Waals surface area contributed by atoms with Crippen LogP contribution >= 0.6 is 39.1 Å². The lowest BCUT2D eigenvalue weighted by Crippen LogP contribution is -2.55. The predicted octanol–water partition coefficient (Wildman–Crippen LogP) is 7.31. The van der Waals surface area contributed by atoms with E-state index in [9.17, 15) is 9.59 Å². The van der Waals surface area contributed by atoms with Crippen molar-refractivity contribution in [1.29, 1.82) is 0 Å². The molecular weight excluding hydrogens is 587 g/mol. The summed E-state index contributed by atoms with van der Waals surface area (Å²) in [4.78, 5) is 28.9. The largest absolute Gasteiger partial charge is 0.484 e. The molecule has 0 saturated carbocycles. The Morgan fingerprint density at radius 2 is 1.58 bits per heavy atom. The normalized spacial score (nSPS) is 12.1. The summed E-state index contributed by atoms with van der Waals surface area (Å²) >= 11 is 16.0. The van der Waals surface area contributed by atoms with E-state index in [0.29, 0.717) is 22.2 Å². The molecule has 0 unspecified atom stereocenters. The zero-order valence-corrected chi connectivity index (χ0v) is 25.4. The fraction of sp³-hybridized carbons (Fsp3) is 0.333. The fourth-order valence-electron chi connectivity index (χ4n) is 4.06. The first-order valence-electron chi connectivity index (χ1n) is 12.3. The Morgan fingerprint density at radius 3 is 2.16 bits per heavy atom. The summed E-state index contributed by atoms with van der Waals surface area (Å²) in [5, 5.41) is 3.85. The molecule has 0 aliphatic rings.